The number of hydrogen-bond donors (Lipinski definition) is 0. The fraction of sp³-hybridized carbons (Fsp3) is 0.588. The topological polar surface area (TPSA) is 26.3 Å². The first-order valence-electron chi connectivity index (χ1n) is 7.46. The largest absolute Gasteiger partial charge is 0.459 e. The lowest BCUT2D eigenvalue weighted by Gasteiger charge is -2.24. The van der Waals surface area contributed by atoms with Crippen molar-refractivity contribution in [1.29, 1.82) is 0 Å². The van der Waals surface area contributed by atoms with Crippen molar-refractivity contribution in [2.24, 2.45) is 0 Å². The maximum absolute atomic E-state index is 12.5. The highest BCUT2D eigenvalue weighted by molar-refractivity contribution is 9.09. The molecule has 0 saturated heterocycles. The van der Waals surface area contributed by atoms with Gasteiger partial charge in [0, 0.05) is 11.8 Å². The van der Waals surface area contributed by atoms with E-state index in [9.17, 15) is 18.0 Å². The number of carbonyl (C=O) groups is 1. The van der Waals surface area contributed by atoms with Gasteiger partial charge in [-0.2, -0.15) is 13.2 Å². The van der Waals surface area contributed by atoms with E-state index in [1.165, 1.54) is 0 Å². The van der Waals surface area contributed by atoms with E-state index in [4.69, 9.17) is 4.74 Å². The average molecular weight is 395 g/mol. The molecule has 0 bridgehead atoms. The SMILES string of the molecule is CC(C)(C)OC(=O)C(CCC(F)(F)F)c1ccc(CCBr)cc1. The summed E-state index contributed by atoms with van der Waals surface area (Å²) in [5.74, 6) is -1.52. The number of halogens is 4. The summed E-state index contributed by atoms with van der Waals surface area (Å²) in [5.41, 5.74) is 0.884. The first-order chi connectivity index (χ1) is 10.5. The van der Waals surface area contributed by atoms with Gasteiger partial charge in [0.25, 0.3) is 0 Å². The third-order valence-electron chi connectivity index (χ3n) is 3.17. The molecule has 130 valence electrons. The van der Waals surface area contributed by atoms with Crippen molar-refractivity contribution < 1.29 is 22.7 Å². The fourth-order valence-electron chi connectivity index (χ4n) is 2.13. The van der Waals surface area contributed by atoms with Crippen LogP contribution in [0.15, 0.2) is 24.3 Å². The number of aryl methyl sites for hydroxylation is 1. The van der Waals surface area contributed by atoms with Crippen molar-refractivity contribution >= 4 is 21.9 Å². The van der Waals surface area contributed by atoms with Gasteiger partial charge in [0.15, 0.2) is 0 Å². The van der Waals surface area contributed by atoms with E-state index in [2.05, 4.69) is 15.9 Å². The summed E-state index contributed by atoms with van der Waals surface area (Å²) >= 11 is 3.34. The number of benzene rings is 1. The maximum Gasteiger partial charge on any atom is 0.389 e. The number of rotatable bonds is 6. The van der Waals surface area contributed by atoms with Crippen LogP contribution < -0.4 is 0 Å². The first-order valence-corrected chi connectivity index (χ1v) is 8.58. The Morgan fingerprint density at radius 3 is 2.17 bits per heavy atom. The zero-order valence-corrected chi connectivity index (χ0v) is 15.1. The molecule has 6 heteroatoms. The van der Waals surface area contributed by atoms with Crippen molar-refractivity contribution in [1.82, 2.24) is 0 Å². The zero-order valence-electron chi connectivity index (χ0n) is 13.5. The molecule has 23 heavy (non-hydrogen) atoms. The predicted octanol–water partition coefficient (Wildman–Crippen LogP) is 5.39. The molecule has 0 aliphatic heterocycles. The number of carbonyl (C=O) groups excluding carboxylic acids is 1. The van der Waals surface area contributed by atoms with Crippen LogP contribution in [0.1, 0.15) is 50.7 Å². The Balaban J connectivity index is 2.95. The Morgan fingerprint density at radius 2 is 1.74 bits per heavy atom. The average Bonchev–Trinajstić information content (AvgIpc) is 2.37. The van der Waals surface area contributed by atoms with Gasteiger partial charge in [-0.05, 0) is 44.7 Å². The number of esters is 1. The van der Waals surface area contributed by atoms with E-state index < -0.39 is 30.1 Å². The van der Waals surface area contributed by atoms with Gasteiger partial charge in [-0.15, -0.1) is 0 Å². The Bertz CT molecular complexity index is 504. The second-order valence-corrected chi connectivity index (χ2v) is 7.21. The lowest BCUT2D eigenvalue weighted by molar-refractivity contribution is -0.159. The number of ether oxygens (including phenoxy) is 1. The normalized spacial score (nSPS) is 13.7. The fourth-order valence-corrected chi connectivity index (χ4v) is 2.59. The smallest absolute Gasteiger partial charge is 0.389 e. The molecule has 1 unspecified atom stereocenters. The van der Waals surface area contributed by atoms with E-state index >= 15 is 0 Å². The van der Waals surface area contributed by atoms with Crippen LogP contribution in [0.3, 0.4) is 0 Å². The molecule has 0 N–H and O–H groups in total. The molecule has 0 aliphatic rings. The molecule has 0 spiro atoms. The molecule has 1 aromatic carbocycles. The van der Waals surface area contributed by atoms with Crippen LogP contribution in [0.25, 0.3) is 0 Å². The number of hydrogen-bond acceptors (Lipinski definition) is 2. The van der Waals surface area contributed by atoms with Gasteiger partial charge in [0.1, 0.15) is 5.60 Å². The lowest BCUT2D eigenvalue weighted by atomic mass is 9.93. The second-order valence-electron chi connectivity index (χ2n) is 6.42. The number of alkyl halides is 4. The van der Waals surface area contributed by atoms with Crippen LogP contribution in [0.2, 0.25) is 0 Å². The quantitative estimate of drug-likeness (QED) is 0.477. The predicted molar refractivity (Wildman–Crippen MR) is 87.8 cm³/mol. The molecule has 2 nitrogen and oxygen atoms in total. The second kappa shape index (κ2) is 8.18. The van der Waals surface area contributed by atoms with E-state index in [0.717, 1.165) is 17.3 Å². The summed E-state index contributed by atoms with van der Waals surface area (Å²) < 4.78 is 42.9. The molecule has 0 saturated carbocycles. The van der Waals surface area contributed by atoms with Gasteiger partial charge < -0.3 is 4.74 Å². The molecule has 1 atom stereocenters. The van der Waals surface area contributed by atoms with Gasteiger partial charge in [0.2, 0.25) is 0 Å². The molecule has 0 aliphatic carbocycles. The minimum atomic E-state index is -4.30. The van der Waals surface area contributed by atoms with Crippen LogP contribution in [0.5, 0.6) is 0 Å². The van der Waals surface area contributed by atoms with Gasteiger partial charge in [-0.3, -0.25) is 4.79 Å². The maximum atomic E-state index is 12.5. The summed E-state index contributed by atoms with van der Waals surface area (Å²) in [6.45, 7) is 5.10. The zero-order chi connectivity index (χ0) is 17.7. The Hall–Kier alpha value is -1.04. The van der Waals surface area contributed by atoms with Gasteiger partial charge in [0.05, 0.1) is 5.92 Å². The molecule has 0 aromatic heterocycles. The summed E-state index contributed by atoms with van der Waals surface area (Å²) in [7, 11) is 0. The van der Waals surface area contributed by atoms with Crippen LogP contribution >= 0.6 is 15.9 Å². The highest BCUT2D eigenvalue weighted by Crippen LogP contribution is 2.31. The Morgan fingerprint density at radius 1 is 1.17 bits per heavy atom. The molecule has 1 rings (SSSR count). The van der Waals surface area contributed by atoms with Crippen LogP contribution in [0, 0.1) is 0 Å². The highest BCUT2D eigenvalue weighted by atomic mass is 79.9. The Kier molecular flexibility index (Phi) is 7.11. The van der Waals surface area contributed by atoms with Gasteiger partial charge in [-0.1, -0.05) is 40.2 Å². The minimum Gasteiger partial charge on any atom is -0.459 e. The minimum absolute atomic E-state index is 0.309. The monoisotopic (exact) mass is 394 g/mol. The van der Waals surface area contributed by atoms with Crippen molar-refractivity contribution in [3.63, 3.8) is 0 Å². The van der Waals surface area contributed by atoms with Gasteiger partial charge >= 0.3 is 12.1 Å². The van der Waals surface area contributed by atoms with E-state index in [1.807, 2.05) is 12.1 Å². The van der Waals surface area contributed by atoms with Crippen LogP contribution in [-0.4, -0.2) is 23.1 Å². The molecule has 0 radical (unpaired) electrons. The van der Waals surface area contributed by atoms with Crippen molar-refractivity contribution in [2.45, 2.75) is 57.7 Å². The van der Waals surface area contributed by atoms with Crippen molar-refractivity contribution in [3.05, 3.63) is 35.4 Å². The molecular formula is C17H22BrF3O2. The van der Waals surface area contributed by atoms with E-state index in [1.54, 1.807) is 32.9 Å². The summed E-state index contributed by atoms with van der Waals surface area (Å²) in [6.07, 6.45) is -4.80. The first kappa shape index (κ1) is 20.0. The third kappa shape index (κ3) is 7.86. The lowest BCUT2D eigenvalue weighted by Crippen LogP contribution is -2.28. The van der Waals surface area contributed by atoms with Gasteiger partial charge in [-0.25, -0.2) is 0 Å². The summed E-state index contributed by atoms with van der Waals surface area (Å²) in [5, 5.41) is 0.802. The van der Waals surface area contributed by atoms with Crippen LogP contribution in [-0.2, 0) is 16.0 Å². The van der Waals surface area contributed by atoms with E-state index in [0.29, 0.717) is 5.56 Å². The molecule has 0 heterocycles. The van der Waals surface area contributed by atoms with Crippen molar-refractivity contribution in [2.75, 3.05) is 5.33 Å². The third-order valence-corrected chi connectivity index (χ3v) is 3.57. The van der Waals surface area contributed by atoms with Crippen molar-refractivity contribution in [3.8, 4) is 0 Å². The molecule has 1 aromatic rings. The molecular weight excluding hydrogens is 373 g/mol. The van der Waals surface area contributed by atoms with Crippen LogP contribution in [0.4, 0.5) is 13.2 Å². The standard InChI is InChI=1S/C17H22BrF3O2/c1-16(2,3)23-15(22)14(8-10-17(19,20)21)13-6-4-12(5-7-13)9-11-18/h4-7,14H,8-11H2,1-3H3. The highest BCUT2D eigenvalue weighted by Gasteiger charge is 2.33. The summed E-state index contributed by atoms with van der Waals surface area (Å²) in [4.78, 5) is 12.3. The molecule has 0 amide bonds. The Labute approximate surface area is 143 Å². The summed E-state index contributed by atoms with van der Waals surface area (Å²) in [6, 6.07) is 7.09. The molecule has 0 fully saturated rings. The van der Waals surface area contributed by atoms with E-state index in [-0.39, 0.29) is 6.42 Å².